The molecule has 158 valence electrons. The molecule has 8 heteroatoms. The lowest BCUT2D eigenvalue weighted by atomic mass is 10.2. The predicted octanol–water partition coefficient (Wildman–Crippen LogP) is 7.30. The molecule has 5 rings (SSSR count). The molecule has 0 aliphatic carbocycles. The molecular formula is C24H16BrClN4OS. The molecule has 0 saturated carbocycles. The first kappa shape index (κ1) is 21.0. The first-order valence-electron chi connectivity index (χ1n) is 9.76. The summed E-state index contributed by atoms with van der Waals surface area (Å²) in [6.45, 7) is 0. The van der Waals surface area contributed by atoms with Crippen LogP contribution in [-0.4, -0.2) is 19.7 Å². The van der Waals surface area contributed by atoms with Gasteiger partial charge >= 0.3 is 0 Å². The molecule has 0 aliphatic heterocycles. The molecule has 5 nitrogen and oxygen atoms in total. The van der Waals surface area contributed by atoms with E-state index < -0.39 is 0 Å². The number of hydrogen-bond donors (Lipinski definition) is 0. The van der Waals surface area contributed by atoms with Gasteiger partial charge < -0.3 is 4.42 Å². The molecule has 0 bridgehead atoms. The average Bonchev–Trinajstić information content (AvgIpc) is 3.47. The van der Waals surface area contributed by atoms with Crippen molar-refractivity contribution in [2.75, 3.05) is 0 Å². The molecular weight excluding hydrogens is 508 g/mol. The van der Waals surface area contributed by atoms with Crippen LogP contribution < -0.4 is 0 Å². The highest BCUT2D eigenvalue weighted by atomic mass is 79.9. The van der Waals surface area contributed by atoms with E-state index in [4.69, 9.17) is 16.0 Å². The van der Waals surface area contributed by atoms with Crippen molar-refractivity contribution in [3.8, 4) is 28.4 Å². The molecule has 3 aromatic heterocycles. The minimum Gasteiger partial charge on any atom is -0.460 e. The highest BCUT2D eigenvalue weighted by Gasteiger charge is 2.17. The van der Waals surface area contributed by atoms with Crippen molar-refractivity contribution in [3.63, 3.8) is 0 Å². The predicted molar refractivity (Wildman–Crippen MR) is 131 cm³/mol. The lowest BCUT2D eigenvalue weighted by Crippen LogP contribution is -1.99. The van der Waals surface area contributed by atoms with Crippen LogP contribution in [0.25, 0.3) is 28.4 Å². The first-order chi connectivity index (χ1) is 15.7. The maximum atomic E-state index is 6.10. The summed E-state index contributed by atoms with van der Waals surface area (Å²) in [5, 5.41) is 10.4. The van der Waals surface area contributed by atoms with E-state index in [9.17, 15) is 0 Å². The van der Waals surface area contributed by atoms with E-state index >= 15 is 0 Å². The van der Waals surface area contributed by atoms with Gasteiger partial charge in [-0.2, -0.15) is 0 Å². The Morgan fingerprint density at radius 3 is 2.34 bits per heavy atom. The molecule has 3 heterocycles. The van der Waals surface area contributed by atoms with Crippen molar-refractivity contribution in [1.82, 2.24) is 19.7 Å². The van der Waals surface area contributed by atoms with Crippen LogP contribution in [-0.2, 0) is 5.75 Å². The van der Waals surface area contributed by atoms with Crippen molar-refractivity contribution in [1.29, 1.82) is 0 Å². The molecule has 0 aliphatic rings. The molecule has 0 fully saturated rings. The molecule has 0 amide bonds. The Balaban J connectivity index is 1.43. The average molecular weight is 524 g/mol. The third kappa shape index (κ3) is 4.50. The Bertz CT molecular complexity index is 1330. The van der Waals surface area contributed by atoms with Crippen molar-refractivity contribution >= 4 is 39.3 Å². The van der Waals surface area contributed by atoms with Gasteiger partial charge in [0.25, 0.3) is 0 Å². The maximum absolute atomic E-state index is 6.10. The fraction of sp³-hybridized carbons (Fsp3) is 0.0417. The van der Waals surface area contributed by atoms with Crippen LogP contribution in [0.4, 0.5) is 0 Å². The third-order valence-electron chi connectivity index (χ3n) is 4.79. The van der Waals surface area contributed by atoms with Gasteiger partial charge in [0.15, 0.2) is 11.0 Å². The molecule has 0 saturated heterocycles. The van der Waals surface area contributed by atoms with Crippen molar-refractivity contribution < 1.29 is 4.42 Å². The number of thioether (sulfide) groups is 1. The number of hydrogen-bond acceptors (Lipinski definition) is 5. The van der Waals surface area contributed by atoms with Gasteiger partial charge in [-0.3, -0.25) is 9.55 Å². The topological polar surface area (TPSA) is 56.7 Å². The zero-order valence-electron chi connectivity index (χ0n) is 16.7. The summed E-state index contributed by atoms with van der Waals surface area (Å²) in [6, 6.07) is 23.5. The summed E-state index contributed by atoms with van der Waals surface area (Å²) in [7, 11) is 0. The van der Waals surface area contributed by atoms with Gasteiger partial charge in [0.2, 0.25) is 0 Å². The standard InChI is InChI=1S/C24H16BrClN4OS/c25-18-3-1-16(2-4-18)22-10-9-21(31-22)15-32-24-29-28-23(17-11-13-27-14-12-17)30(24)20-7-5-19(26)6-8-20/h1-14H,15H2. The molecule has 32 heavy (non-hydrogen) atoms. The summed E-state index contributed by atoms with van der Waals surface area (Å²) >= 11 is 11.1. The number of aromatic nitrogens is 4. The van der Waals surface area contributed by atoms with E-state index in [0.29, 0.717) is 10.8 Å². The van der Waals surface area contributed by atoms with Crippen molar-refractivity contribution in [3.05, 3.63) is 100 Å². The van der Waals surface area contributed by atoms with Gasteiger partial charge in [0.1, 0.15) is 11.5 Å². The van der Waals surface area contributed by atoms with E-state index in [-0.39, 0.29) is 0 Å². The third-order valence-corrected chi connectivity index (χ3v) is 6.52. The quantitative estimate of drug-likeness (QED) is 0.219. The summed E-state index contributed by atoms with van der Waals surface area (Å²) < 4.78 is 9.12. The minimum absolute atomic E-state index is 0.624. The zero-order chi connectivity index (χ0) is 21.9. The van der Waals surface area contributed by atoms with Crippen LogP contribution >= 0.6 is 39.3 Å². The maximum Gasteiger partial charge on any atom is 0.196 e. The second-order valence-corrected chi connectivity index (χ2v) is 9.21. The van der Waals surface area contributed by atoms with Crippen LogP contribution in [0.5, 0.6) is 0 Å². The first-order valence-corrected chi connectivity index (χ1v) is 11.9. The molecule has 0 spiro atoms. The van der Waals surface area contributed by atoms with Gasteiger partial charge in [-0.05, 0) is 60.7 Å². The molecule has 0 N–H and O–H groups in total. The summed E-state index contributed by atoms with van der Waals surface area (Å²) in [4.78, 5) is 4.10. The Hall–Kier alpha value is -2.87. The van der Waals surface area contributed by atoms with Crippen LogP contribution in [0.2, 0.25) is 5.02 Å². The lowest BCUT2D eigenvalue weighted by Gasteiger charge is -2.10. The second-order valence-electron chi connectivity index (χ2n) is 6.92. The monoisotopic (exact) mass is 522 g/mol. The Morgan fingerprint density at radius 2 is 1.59 bits per heavy atom. The van der Waals surface area contributed by atoms with Crippen LogP contribution in [0.1, 0.15) is 5.76 Å². The lowest BCUT2D eigenvalue weighted by molar-refractivity contribution is 0.544. The number of halogens is 2. The zero-order valence-corrected chi connectivity index (χ0v) is 19.8. The van der Waals surface area contributed by atoms with Gasteiger partial charge in [0.05, 0.1) is 5.75 Å². The molecule has 0 radical (unpaired) electrons. The summed E-state index contributed by atoms with van der Waals surface area (Å²) in [5.41, 5.74) is 2.90. The van der Waals surface area contributed by atoms with E-state index in [0.717, 1.165) is 43.8 Å². The Labute approximate surface area is 202 Å². The van der Waals surface area contributed by atoms with E-state index in [1.807, 2.05) is 77.4 Å². The van der Waals surface area contributed by atoms with E-state index in [2.05, 4.69) is 31.1 Å². The molecule has 0 unspecified atom stereocenters. The van der Waals surface area contributed by atoms with Crippen LogP contribution in [0.15, 0.2) is 99.2 Å². The summed E-state index contributed by atoms with van der Waals surface area (Å²) in [6.07, 6.45) is 3.49. The Morgan fingerprint density at radius 1 is 0.844 bits per heavy atom. The highest BCUT2D eigenvalue weighted by molar-refractivity contribution is 9.10. The van der Waals surface area contributed by atoms with Crippen molar-refractivity contribution in [2.24, 2.45) is 0 Å². The van der Waals surface area contributed by atoms with Crippen molar-refractivity contribution in [2.45, 2.75) is 10.9 Å². The van der Waals surface area contributed by atoms with Crippen LogP contribution in [0.3, 0.4) is 0 Å². The van der Waals surface area contributed by atoms with Gasteiger partial charge in [-0.25, -0.2) is 0 Å². The normalized spacial score (nSPS) is 11.1. The minimum atomic E-state index is 0.624. The number of nitrogens with zero attached hydrogens (tertiary/aromatic N) is 4. The number of pyridine rings is 1. The Kier molecular flexibility index (Phi) is 6.12. The number of benzene rings is 2. The van der Waals surface area contributed by atoms with Gasteiger partial charge in [-0.1, -0.05) is 51.4 Å². The highest BCUT2D eigenvalue weighted by Crippen LogP contribution is 2.32. The van der Waals surface area contributed by atoms with Gasteiger partial charge in [0, 0.05) is 38.7 Å². The molecule has 5 aromatic rings. The van der Waals surface area contributed by atoms with E-state index in [1.165, 1.54) is 0 Å². The van der Waals surface area contributed by atoms with Gasteiger partial charge in [-0.15, -0.1) is 10.2 Å². The number of furan rings is 1. The summed E-state index contributed by atoms with van der Waals surface area (Å²) in [5.74, 6) is 3.07. The largest absolute Gasteiger partial charge is 0.460 e. The van der Waals surface area contributed by atoms with E-state index in [1.54, 1.807) is 24.2 Å². The smallest absolute Gasteiger partial charge is 0.196 e. The molecule has 2 aromatic carbocycles. The fourth-order valence-electron chi connectivity index (χ4n) is 3.23. The fourth-order valence-corrected chi connectivity index (χ4v) is 4.47. The second kappa shape index (κ2) is 9.32. The van der Waals surface area contributed by atoms with Crippen LogP contribution in [0, 0.1) is 0 Å². The number of rotatable bonds is 6. The SMILES string of the molecule is Clc1ccc(-n2c(SCc3ccc(-c4ccc(Br)cc4)o3)nnc2-c2ccncc2)cc1. The molecule has 0 atom stereocenters.